The van der Waals surface area contributed by atoms with Crippen LogP contribution in [-0.4, -0.2) is 37.3 Å². The molecule has 9 nitrogen and oxygen atoms in total. The summed E-state index contributed by atoms with van der Waals surface area (Å²) in [7, 11) is 1.78. The lowest BCUT2D eigenvalue weighted by atomic mass is 10.0. The lowest BCUT2D eigenvalue weighted by Gasteiger charge is -2.22. The average molecular weight is 499 g/mol. The third kappa shape index (κ3) is 5.30. The highest BCUT2D eigenvalue weighted by Crippen LogP contribution is 2.33. The Bertz CT molecular complexity index is 1390. The van der Waals surface area contributed by atoms with Crippen LogP contribution in [0.15, 0.2) is 42.9 Å². The van der Waals surface area contributed by atoms with Crippen molar-refractivity contribution in [2.24, 2.45) is 12.8 Å². The SMILES string of the molecule is CCC(C)(N)CNC(=O)Oc1c(C)nc2c(OCc3c(F)cccc3F)cc(-c3cnn(C)c3)cn12. The molecule has 190 valence electrons. The van der Waals surface area contributed by atoms with Crippen molar-refractivity contribution in [3.8, 4) is 22.8 Å². The summed E-state index contributed by atoms with van der Waals surface area (Å²) in [6.45, 7) is 5.30. The molecule has 4 rings (SSSR count). The molecule has 1 aromatic carbocycles. The fourth-order valence-electron chi connectivity index (χ4n) is 3.51. The molecule has 3 heterocycles. The van der Waals surface area contributed by atoms with E-state index in [2.05, 4.69) is 15.4 Å². The molecule has 0 saturated carbocycles. The van der Waals surface area contributed by atoms with Gasteiger partial charge < -0.3 is 20.5 Å². The van der Waals surface area contributed by atoms with Crippen LogP contribution < -0.4 is 20.5 Å². The molecule has 1 unspecified atom stereocenters. The number of carbonyl (C=O) groups excluding carboxylic acids is 1. The predicted molar refractivity (Wildman–Crippen MR) is 130 cm³/mol. The minimum Gasteiger partial charge on any atom is -0.485 e. The molecular formula is C25H28F2N6O3. The van der Waals surface area contributed by atoms with Crippen LogP contribution in [0, 0.1) is 18.6 Å². The molecule has 11 heteroatoms. The molecule has 0 aliphatic heterocycles. The maximum absolute atomic E-state index is 14.2. The summed E-state index contributed by atoms with van der Waals surface area (Å²) in [6.07, 6.45) is 5.16. The standard InChI is InChI=1S/C25H28F2N6O3/c1-5-25(3,28)14-29-24(34)36-23-15(2)31-22-21(35-13-18-19(26)7-6-8-20(18)27)9-16(12-33(22)23)17-10-30-32(4)11-17/h6-12H,5,13-14,28H2,1-4H3,(H,29,34). The van der Waals surface area contributed by atoms with Crippen LogP contribution in [0.4, 0.5) is 13.6 Å². The molecule has 0 saturated heterocycles. The monoisotopic (exact) mass is 498 g/mol. The largest absolute Gasteiger partial charge is 0.485 e. The third-order valence-electron chi connectivity index (χ3n) is 5.91. The van der Waals surface area contributed by atoms with Gasteiger partial charge in [-0.15, -0.1) is 0 Å². The lowest BCUT2D eigenvalue weighted by Crippen LogP contribution is -2.47. The number of aryl methyl sites for hydroxylation is 2. The molecule has 0 fully saturated rings. The summed E-state index contributed by atoms with van der Waals surface area (Å²) < 4.78 is 43.0. The Morgan fingerprint density at radius 3 is 2.58 bits per heavy atom. The maximum atomic E-state index is 14.2. The Kier molecular flexibility index (Phi) is 6.93. The van der Waals surface area contributed by atoms with E-state index >= 15 is 0 Å². The first-order chi connectivity index (χ1) is 17.1. The fraction of sp³-hybridized carbons (Fsp3) is 0.320. The van der Waals surface area contributed by atoms with Gasteiger partial charge in [-0.1, -0.05) is 13.0 Å². The van der Waals surface area contributed by atoms with Gasteiger partial charge in [-0.05, 0) is 38.5 Å². The van der Waals surface area contributed by atoms with Crippen molar-refractivity contribution in [2.75, 3.05) is 6.54 Å². The number of halogens is 2. The van der Waals surface area contributed by atoms with Crippen molar-refractivity contribution >= 4 is 11.7 Å². The van der Waals surface area contributed by atoms with Crippen molar-refractivity contribution in [2.45, 2.75) is 39.3 Å². The van der Waals surface area contributed by atoms with Crippen molar-refractivity contribution in [1.82, 2.24) is 24.5 Å². The second-order valence-electron chi connectivity index (χ2n) is 8.93. The smallest absolute Gasteiger partial charge is 0.414 e. The second-order valence-corrected chi connectivity index (χ2v) is 8.93. The number of fused-ring (bicyclic) bond motifs is 1. The third-order valence-corrected chi connectivity index (χ3v) is 5.91. The van der Waals surface area contributed by atoms with Gasteiger partial charge in [-0.3, -0.25) is 9.08 Å². The van der Waals surface area contributed by atoms with E-state index in [4.69, 9.17) is 15.2 Å². The van der Waals surface area contributed by atoms with E-state index in [-0.39, 0.29) is 30.3 Å². The molecule has 0 aliphatic rings. The van der Waals surface area contributed by atoms with Crippen LogP contribution in [0.2, 0.25) is 0 Å². The van der Waals surface area contributed by atoms with Gasteiger partial charge in [0.25, 0.3) is 0 Å². The molecule has 0 bridgehead atoms. The number of carbonyl (C=O) groups is 1. The highest BCUT2D eigenvalue weighted by Gasteiger charge is 2.22. The van der Waals surface area contributed by atoms with Crippen LogP contribution >= 0.6 is 0 Å². The van der Waals surface area contributed by atoms with Gasteiger partial charge in [0.1, 0.15) is 23.9 Å². The Morgan fingerprint density at radius 2 is 1.94 bits per heavy atom. The maximum Gasteiger partial charge on any atom is 0.414 e. The first kappa shape index (κ1) is 25.1. The highest BCUT2D eigenvalue weighted by molar-refractivity contribution is 5.73. The summed E-state index contributed by atoms with van der Waals surface area (Å²) in [5.41, 5.74) is 7.47. The Morgan fingerprint density at radius 1 is 1.22 bits per heavy atom. The van der Waals surface area contributed by atoms with E-state index in [0.29, 0.717) is 23.3 Å². The number of imidazole rings is 1. The first-order valence-corrected chi connectivity index (χ1v) is 11.4. The Labute approximate surface area is 206 Å². The van der Waals surface area contributed by atoms with E-state index in [1.807, 2.05) is 13.8 Å². The van der Waals surface area contributed by atoms with Gasteiger partial charge in [0.15, 0.2) is 11.4 Å². The van der Waals surface area contributed by atoms with Crippen LogP contribution in [0.5, 0.6) is 11.6 Å². The van der Waals surface area contributed by atoms with Crippen LogP contribution in [0.3, 0.4) is 0 Å². The van der Waals surface area contributed by atoms with E-state index in [9.17, 15) is 13.6 Å². The minimum absolute atomic E-state index is 0.172. The predicted octanol–water partition coefficient (Wildman–Crippen LogP) is 4.12. The number of nitrogens with zero attached hydrogens (tertiary/aromatic N) is 4. The second kappa shape index (κ2) is 9.94. The molecule has 36 heavy (non-hydrogen) atoms. The van der Waals surface area contributed by atoms with E-state index in [1.54, 1.807) is 47.7 Å². The summed E-state index contributed by atoms with van der Waals surface area (Å²) in [6, 6.07) is 5.31. The van der Waals surface area contributed by atoms with E-state index < -0.39 is 23.3 Å². The molecule has 4 aromatic rings. The number of hydrogen-bond acceptors (Lipinski definition) is 6. The Balaban J connectivity index is 1.72. The zero-order valence-electron chi connectivity index (χ0n) is 20.5. The Hall–Kier alpha value is -3.99. The van der Waals surface area contributed by atoms with Gasteiger partial charge in [0.2, 0.25) is 5.88 Å². The van der Waals surface area contributed by atoms with Crippen molar-refractivity contribution in [3.63, 3.8) is 0 Å². The number of ether oxygens (including phenoxy) is 2. The number of pyridine rings is 1. The minimum atomic E-state index is -0.714. The topological polar surface area (TPSA) is 109 Å². The summed E-state index contributed by atoms with van der Waals surface area (Å²) in [5.74, 6) is -1.01. The van der Waals surface area contributed by atoms with Gasteiger partial charge >= 0.3 is 6.09 Å². The fourth-order valence-corrected chi connectivity index (χ4v) is 3.51. The van der Waals surface area contributed by atoms with Gasteiger partial charge in [0, 0.05) is 42.7 Å². The molecule has 1 atom stereocenters. The van der Waals surface area contributed by atoms with Crippen LogP contribution in [0.25, 0.3) is 16.8 Å². The first-order valence-electron chi connectivity index (χ1n) is 11.4. The number of nitrogens with two attached hydrogens (primary N) is 1. The molecule has 3 N–H and O–H groups in total. The van der Waals surface area contributed by atoms with E-state index in [1.165, 1.54) is 18.2 Å². The molecule has 0 radical (unpaired) electrons. The van der Waals surface area contributed by atoms with Crippen LogP contribution in [-0.2, 0) is 13.7 Å². The lowest BCUT2D eigenvalue weighted by molar-refractivity contribution is 0.194. The summed E-state index contributed by atoms with van der Waals surface area (Å²) in [5, 5.41) is 6.87. The van der Waals surface area contributed by atoms with Crippen molar-refractivity contribution < 1.29 is 23.0 Å². The zero-order valence-corrected chi connectivity index (χ0v) is 20.5. The number of aromatic nitrogens is 4. The van der Waals surface area contributed by atoms with Crippen LogP contribution in [0.1, 0.15) is 31.5 Å². The summed E-state index contributed by atoms with van der Waals surface area (Å²) >= 11 is 0. The number of hydrogen-bond donors (Lipinski definition) is 2. The van der Waals surface area contributed by atoms with Gasteiger partial charge in [-0.25, -0.2) is 18.6 Å². The van der Waals surface area contributed by atoms with Gasteiger partial charge in [-0.2, -0.15) is 5.10 Å². The highest BCUT2D eigenvalue weighted by atomic mass is 19.1. The molecule has 0 aliphatic carbocycles. The average Bonchev–Trinajstić information content (AvgIpc) is 3.40. The molecule has 1 amide bonds. The number of amides is 1. The van der Waals surface area contributed by atoms with Crippen molar-refractivity contribution in [1.29, 1.82) is 0 Å². The summed E-state index contributed by atoms with van der Waals surface area (Å²) in [4.78, 5) is 17.0. The number of benzene rings is 1. The quantitative estimate of drug-likeness (QED) is 0.378. The molecule has 3 aromatic heterocycles. The van der Waals surface area contributed by atoms with E-state index in [0.717, 1.165) is 5.56 Å². The van der Waals surface area contributed by atoms with Crippen molar-refractivity contribution in [3.05, 3.63) is 65.7 Å². The number of rotatable bonds is 8. The molecular weight excluding hydrogens is 470 g/mol. The molecule has 0 spiro atoms. The zero-order chi connectivity index (χ0) is 26.0. The normalized spacial score (nSPS) is 13.0. The van der Waals surface area contributed by atoms with Gasteiger partial charge in [0.05, 0.1) is 11.8 Å². The number of nitrogens with one attached hydrogen (secondary N) is 1.